The van der Waals surface area contributed by atoms with Crippen molar-refractivity contribution in [3.8, 4) is 0 Å². The van der Waals surface area contributed by atoms with Crippen LogP contribution < -0.4 is 10.6 Å². The number of nitrogens with one attached hydrogen (secondary N) is 2. The Balaban J connectivity index is 1.33. The fourth-order valence-corrected chi connectivity index (χ4v) is 4.48. The summed E-state index contributed by atoms with van der Waals surface area (Å²) in [7, 11) is 0. The van der Waals surface area contributed by atoms with Crippen molar-refractivity contribution in [3.63, 3.8) is 0 Å². The van der Waals surface area contributed by atoms with Crippen LogP contribution >= 0.6 is 23.4 Å². The van der Waals surface area contributed by atoms with Gasteiger partial charge in [-0.15, -0.1) is 11.8 Å². The van der Waals surface area contributed by atoms with Crippen molar-refractivity contribution in [2.45, 2.75) is 17.1 Å². The molecule has 4 aromatic carbocycles. The molecule has 0 fully saturated rings. The van der Waals surface area contributed by atoms with Gasteiger partial charge in [0.1, 0.15) is 0 Å². The second kappa shape index (κ2) is 12.2. The highest BCUT2D eigenvalue weighted by molar-refractivity contribution is 7.98. The summed E-state index contributed by atoms with van der Waals surface area (Å²) in [5, 5.41) is 6.54. The van der Waals surface area contributed by atoms with Crippen molar-refractivity contribution < 1.29 is 9.59 Å². The second-order valence-corrected chi connectivity index (χ2v) is 9.42. The zero-order valence-electron chi connectivity index (χ0n) is 19.0. The maximum absolute atomic E-state index is 12.8. The average Bonchev–Trinajstić information content (AvgIpc) is 2.89. The zero-order valence-corrected chi connectivity index (χ0v) is 20.6. The van der Waals surface area contributed by atoms with Gasteiger partial charge in [0.25, 0.3) is 11.8 Å². The topological polar surface area (TPSA) is 58.2 Å². The Morgan fingerprint density at radius 3 is 2.14 bits per heavy atom. The van der Waals surface area contributed by atoms with E-state index in [1.54, 1.807) is 48.2 Å². The number of rotatable bonds is 9. The van der Waals surface area contributed by atoms with Crippen molar-refractivity contribution in [1.82, 2.24) is 5.32 Å². The molecule has 0 saturated carbocycles. The van der Waals surface area contributed by atoms with Gasteiger partial charge in [0.2, 0.25) is 0 Å². The first-order valence-corrected chi connectivity index (χ1v) is 12.6. The average molecular weight is 501 g/mol. The van der Waals surface area contributed by atoms with Gasteiger partial charge in [-0.1, -0.05) is 66.2 Å². The van der Waals surface area contributed by atoms with Crippen LogP contribution in [0.5, 0.6) is 0 Å². The first-order valence-electron chi connectivity index (χ1n) is 11.3. The molecule has 0 spiro atoms. The minimum absolute atomic E-state index is 0.216. The number of halogens is 1. The van der Waals surface area contributed by atoms with Gasteiger partial charge in [0.15, 0.2) is 0 Å². The van der Waals surface area contributed by atoms with E-state index in [0.717, 1.165) is 33.2 Å². The van der Waals surface area contributed by atoms with E-state index in [2.05, 4.69) is 10.6 Å². The summed E-state index contributed by atoms with van der Waals surface area (Å²) in [4.78, 5) is 26.7. The van der Waals surface area contributed by atoms with E-state index >= 15 is 0 Å². The van der Waals surface area contributed by atoms with Crippen molar-refractivity contribution >= 4 is 40.9 Å². The van der Waals surface area contributed by atoms with Crippen molar-refractivity contribution in [3.05, 3.63) is 130 Å². The lowest BCUT2D eigenvalue weighted by molar-refractivity contribution is 0.0955. The van der Waals surface area contributed by atoms with E-state index in [-0.39, 0.29) is 11.8 Å². The van der Waals surface area contributed by atoms with E-state index in [4.69, 9.17) is 11.6 Å². The minimum Gasteiger partial charge on any atom is -0.352 e. The largest absolute Gasteiger partial charge is 0.352 e. The van der Waals surface area contributed by atoms with E-state index in [0.29, 0.717) is 23.4 Å². The van der Waals surface area contributed by atoms with Gasteiger partial charge in [-0.05, 0) is 66.1 Å². The molecule has 0 radical (unpaired) electrons. The van der Waals surface area contributed by atoms with Gasteiger partial charge in [-0.2, -0.15) is 0 Å². The molecule has 0 heterocycles. The number of hydrogen-bond donors (Lipinski definition) is 2. The van der Waals surface area contributed by atoms with E-state index < -0.39 is 0 Å². The van der Waals surface area contributed by atoms with Gasteiger partial charge in [0.05, 0.1) is 11.3 Å². The van der Waals surface area contributed by atoms with Crippen LogP contribution in [0.15, 0.2) is 108 Å². The quantitative estimate of drug-likeness (QED) is 0.247. The SMILES string of the molecule is O=C(Nc1ccccc1C(=O)NCCc1ccccc1)c1ccc(CSc2ccc(Cl)cc2)cc1. The lowest BCUT2D eigenvalue weighted by Crippen LogP contribution is -2.27. The Morgan fingerprint density at radius 2 is 1.40 bits per heavy atom. The summed E-state index contributed by atoms with van der Waals surface area (Å²) in [6.45, 7) is 0.515. The van der Waals surface area contributed by atoms with Gasteiger partial charge >= 0.3 is 0 Å². The molecule has 6 heteroatoms. The molecule has 0 aliphatic carbocycles. The fraction of sp³-hybridized carbons (Fsp3) is 0.103. The molecule has 0 bridgehead atoms. The molecule has 0 saturated heterocycles. The predicted octanol–water partition coefficient (Wildman–Crippen LogP) is 6.86. The lowest BCUT2D eigenvalue weighted by Gasteiger charge is -2.12. The number of benzene rings is 4. The summed E-state index contributed by atoms with van der Waals surface area (Å²) < 4.78 is 0. The fourth-order valence-electron chi connectivity index (χ4n) is 3.49. The minimum atomic E-state index is -0.258. The molecule has 176 valence electrons. The van der Waals surface area contributed by atoms with Gasteiger partial charge in [-0.25, -0.2) is 0 Å². The first-order chi connectivity index (χ1) is 17.1. The normalized spacial score (nSPS) is 10.5. The Labute approximate surface area is 214 Å². The van der Waals surface area contributed by atoms with Crippen molar-refractivity contribution in [2.75, 3.05) is 11.9 Å². The summed E-state index contributed by atoms with van der Waals surface area (Å²) in [5.74, 6) is 0.313. The van der Waals surface area contributed by atoms with Gasteiger partial charge in [-0.3, -0.25) is 9.59 Å². The highest BCUT2D eigenvalue weighted by Gasteiger charge is 2.14. The van der Waals surface area contributed by atoms with Crippen LogP contribution in [0.1, 0.15) is 31.8 Å². The molecule has 0 atom stereocenters. The highest BCUT2D eigenvalue weighted by atomic mass is 35.5. The number of para-hydroxylation sites is 1. The third-order valence-corrected chi connectivity index (χ3v) is 6.73. The molecule has 4 nitrogen and oxygen atoms in total. The molecule has 0 aliphatic heterocycles. The summed E-state index contributed by atoms with van der Waals surface area (Å²) in [5.41, 5.74) is 3.72. The summed E-state index contributed by atoms with van der Waals surface area (Å²) in [6.07, 6.45) is 0.740. The maximum atomic E-state index is 12.8. The Morgan fingerprint density at radius 1 is 0.714 bits per heavy atom. The van der Waals surface area contributed by atoms with Crippen LogP contribution in [-0.2, 0) is 12.2 Å². The van der Waals surface area contributed by atoms with E-state index in [1.807, 2.05) is 66.7 Å². The second-order valence-electron chi connectivity index (χ2n) is 7.93. The van der Waals surface area contributed by atoms with Gasteiger partial charge in [0, 0.05) is 27.8 Å². The first kappa shape index (κ1) is 24.6. The summed E-state index contributed by atoms with van der Waals surface area (Å²) >= 11 is 7.64. The monoisotopic (exact) mass is 500 g/mol. The molecule has 35 heavy (non-hydrogen) atoms. The molecular formula is C29H25ClN2O2S. The highest BCUT2D eigenvalue weighted by Crippen LogP contribution is 2.24. The number of carbonyl (C=O) groups excluding carboxylic acids is 2. The molecule has 2 amide bonds. The Bertz CT molecular complexity index is 1280. The van der Waals surface area contributed by atoms with Crippen molar-refractivity contribution in [1.29, 1.82) is 0 Å². The number of anilines is 1. The molecule has 0 aromatic heterocycles. The van der Waals surface area contributed by atoms with E-state index in [1.165, 1.54) is 0 Å². The van der Waals surface area contributed by atoms with E-state index in [9.17, 15) is 9.59 Å². The molecule has 0 unspecified atom stereocenters. The predicted molar refractivity (Wildman–Crippen MR) is 144 cm³/mol. The van der Waals surface area contributed by atoms with Gasteiger partial charge < -0.3 is 10.6 Å². The maximum Gasteiger partial charge on any atom is 0.255 e. The Kier molecular flexibility index (Phi) is 8.60. The Hall–Kier alpha value is -3.54. The van der Waals surface area contributed by atoms with Crippen LogP contribution in [0.2, 0.25) is 5.02 Å². The molecular weight excluding hydrogens is 476 g/mol. The molecule has 4 aromatic rings. The zero-order chi connectivity index (χ0) is 24.5. The third-order valence-electron chi connectivity index (χ3n) is 5.40. The van der Waals surface area contributed by atoms with Crippen LogP contribution in [0.4, 0.5) is 5.69 Å². The third kappa shape index (κ3) is 7.22. The van der Waals surface area contributed by atoms with Crippen molar-refractivity contribution in [2.24, 2.45) is 0 Å². The number of amides is 2. The van der Waals surface area contributed by atoms with Crippen LogP contribution in [0.25, 0.3) is 0 Å². The standard InChI is InChI=1S/C29H25ClN2O2S/c30-24-14-16-25(17-15-24)35-20-22-10-12-23(13-11-22)28(33)32-27-9-5-4-8-26(27)29(34)31-19-18-21-6-2-1-3-7-21/h1-17H,18-20H2,(H,31,34)(H,32,33). The number of thioether (sulfide) groups is 1. The molecule has 2 N–H and O–H groups in total. The lowest BCUT2D eigenvalue weighted by atomic mass is 10.1. The molecule has 4 rings (SSSR count). The van der Waals surface area contributed by atoms with Crippen LogP contribution in [0.3, 0.4) is 0 Å². The number of carbonyl (C=O) groups is 2. The van der Waals surface area contributed by atoms with Crippen LogP contribution in [0, 0.1) is 0 Å². The smallest absolute Gasteiger partial charge is 0.255 e. The number of hydrogen-bond acceptors (Lipinski definition) is 3. The molecule has 0 aliphatic rings. The summed E-state index contributed by atoms with van der Waals surface area (Å²) in [6, 6.07) is 32.2. The van der Waals surface area contributed by atoms with Crippen LogP contribution in [-0.4, -0.2) is 18.4 Å².